The Bertz CT molecular complexity index is 1000. The lowest BCUT2D eigenvalue weighted by atomic mass is 9.82. The van der Waals surface area contributed by atoms with Crippen LogP contribution in [0.15, 0.2) is 84.9 Å². The summed E-state index contributed by atoms with van der Waals surface area (Å²) in [6.45, 7) is -0.354. The summed E-state index contributed by atoms with van der Waals surface area (Å²) in [5.41, 5.74) is -0.168. The molecule has 6 heteroatoms. The highest BCUT2D eigenvalue weighted by Gasteiger charge is 2.53. The molecule has 0 radical (unpaired) electrons. The van der Waals surface area contributed by atoms with Crippen LogP contribution >= 0.6 is 0 Å². The third kappa shape index (κ3) is 3.17. The van der Waals surface area contributed by atoms with E-state index in [0.29, 0.717) is 11.1 Å². The maximum atomic E-state index is 14.0. The van der Waals surface area contributed by atoms with Crippen molar-refractivity contribution in [1.82, 2.24) is 10.2 Å². The minimum Gasteiger partial charge on any atom is -0.386 e. The lowest BCUT2D eigenvalue weighted by Crippen LogP contribution is -2.45. The number of β-amino-alcohol motifs (C(OH)–C–C–N with tert-alkyl or cyclic N) is 1. The molecule has 4 rings (SSSR count). The average Bonchev–Trinajstić information content (AvgIpc) is 3.01. The lowest BCUT2D eigenvalue weighted by Gasteiger charge is -2.28. The van der Waals surface area contributed by atoms with E-state index in [0.717, 1.165) is 4.90 Å². The molecule has 1 unspecified atom stereocenters. The first-order chi connectivity index (χ1) is 14.0. The second-order valence-corrected chi connectivity index (χ2v) is 6.87. The van der Waals surface area contributed by atoms with Crippen LogP contribution in [0.1, 0.15) is 22.8 Å². The van der Waals surface area contributed by atoms with Gasteiger partial charge in [-0.15, -0.1) is 0 Å². The minimum absolute atomic E-state index is 0.0324. The summed E-state index contributed by atoms with van der Waals surface area (Å²) in [7, 11) is 0. The van der Waals surface area contributed by atoms with Crippen molar-refractivity contribution in [3.05, 3.63) is 107 Å². The van der Waals surface area contributed by atoms with E-state index in [-0.39, 0.29) is 12.1 Å². The van der Waals surface area contributed by atoms with E-state index in [1.807, 2.05) is 12.1 Å². The predicted molar refractivity (Wildman–Crippen MR) is 105 cm³/mol. The second-order valence-electron chi connectivity index (χ2n) is 6.87. The highest BCUT2D eigenvalue weighted by molar-refractivity contribution is 6.09. The fourth-order valence-electron chi connectivity index (χ4n) is 3.69. The largest absolute Gasteiger partial charge is 0.386 e. The number of amides is 3. The first-order valence-electron chi connectivity index (χ1n) is 9.21. The highest BCUT2D eigenvalue weighted by Crippen LogP contribution is 2.36. The van der Waals surface area contributed by atoms with Crippen LogP contribution in [-0.2, 0) is 10.3 Å². The van der Waals surface area contributed by atoms with Crippen molar-refractivity contribution in [2.75, 3.05) is 6.54 Å². The van der Waals surface area contributed by atoms with E-state index >= 15 is 0 Å². The maximum absolute atomic E-state index is 14.0. The Balaban J connectivity index is 1.74. The van der Waals surface area contributed by atoms with Crippen LogP contribution in [0.3, 0.4) is 0 Å². The van der Waals surface area contributed by atoms with Gasteiger partial charge in [0.15, 0.2) is 5.54 Å². The van der Waals surface area contributed by atoms with E-state index in [4.69, 9.17) is 0 Å². The molecular weight excluding hydrogens is 371 g/mol. The zero-order chi connectivity index (χ0) is 20.4. The van der Waals surface area contributed by atoms with Gasteiger partial charge in [-0.05, 0) is 17.2 Å². The van der Waals surface area contributed by atoms with Gasteiger partial charge in [0.25, 0.3) is 5.91 Å². The molecule has 146 valence electrons. The Kier molecular flexibility index (Phi) is 4.86. The summed E-state index contributed by atoms with van der Waals surface area (Å²) >= 11 is 0. The molecular formula is C23H19FN2O3. The van der Waals surface area contributed by atoms with Crippen LogP contribution in [0.2, 0.25) is 0 Å². The highest BCUT2D eigenvalue weighted by atomic mass is 19.1. The quantitative estimate of drug-likeness (QED) is 0.657. The van der Waals surface area contributed by atoms with Gasteiger partial charge in [-0.25, -0.2) is 9.18 Å². The number of halogens is 1. The first kappa shape index (κ1) is 18.8. The van der Waals surface area contributed by atoms with Gasteiger partial charge in [0.05, 0.1) is 12.6 Å². The number of imide groups is 1. The van der Waals surface area contributed by atoms with Gasteiger partial charge in [0, 0.05) is 5.56 Å². The Morgan fingerprint density at radius 2 is 1.38 bits per heavy atom. The SMILES string of the molecule is O=C1NC(c2ccccc2)(c2ccccc2)C(=O)N1CC(O)c1ccccc1F. The van der Waals surface area contributed by atoms with E-state index in [1.165, 1.54) is 18.2 Å². The van der Waals surface area contributed by atoms with E-state index in [2.05, 4.69) is 5.32 Å². The molecule has 1 saturated heterocycles. The fourth-order valence-corrected chi connectivity index (χ4v) is 3.69. The molecule has 3 aromatic rings. The summed E-state index contributed by atoms with van der Waals surface area (Å²) in [6, 6.07) is 23.0. The Morgan fingerprint density at radius 1 is 0.862 bits per heavy atom. The molecule has 1 atom stereocenters. The monoisotopic (exact) mass is 390 g/mol. The smallest absolute Gasteiger partial charge is 0.325 e. The van der Waals surface area contributed by atoms with Crippen LogP contribution in [0.25, 0.3) is 0 Å². The molecule has 0 saturated carbocycles. The number of carbonyl (C=O) groups is 2. The van der Waals surface area contributed by atoms with Crippen molar-refractivity contribution >= 4 is 11.9 Å². The van der Waals surface area contributed by atoms with Crippen LogP contribution in [-0.4, -0.2) is 28.5 Å². The number of rotatable bonds is 5. The van der Waals surface area contributed by atoms with Crippen LogP contribution in [0.4, 0.5) is 9.18 Å². The molecule has 2 N–H and O–H groups in total. The number of aliphatic hydroxyl groups excluding tert-OH is 1. The van der Waals surface area contributed by atoms with Crippen molar-refractivity contribution in [3.8, 4) is 0 Å². The van der Waals surface area contributed by atoms with Crippen LogP contribution < -0.4 is 5.32 Å². The van der Waals surface area contributed by atoms with E-state index < -0.39 is 29.4 Å². The summed E-state index contributed by atoms with van der Waals surface area (Å²) in [5.74, 6) is -1.11. The van der Waals surface area contributed by atoms with Crippen molar-refractivity contribution in [2.24, 2.45) is 0 Å². The lowest BCUT2D eigenvalue weighted by molar-refractivity contribution is -0.131. The van der Waals surface area contributed by atoms with Gasteiger partial charge in [-0.2, -0.15) is 0 Å². The van der Waals surface area contributed by atoms with Gasteiger partial charge in [0.1, 0.15) is 5.82 Å². The van der Waals surface area contributed by atoms with Crippen LogP contribution in [0.5, 0.6) is 0 Å². The first-order valence-corrected chi connectivity index (χ1v) is 9.21. The van der Waals surface area contributed by atoms with Gasteiger partial charge in [-0.1, -0.05) is 78.9 Å². The Labute approximate surface area is 167 Å². The summed E-state index contributed by atoms with van der Waals surface area (Å²) in [5, 5.41) is 13.3. The number of aliphatic hydroxyl groups is 1. The third-order valence-electron chi connectivity index (χ3n) is 5.14. The number of hydrogen-bond donors (Lipinski definition) is 2. The van der Waals surface area contributed by atoms with E-state index in [1.54, 1.807) is 54.6 Å². The molecule has 0 aliphatic carbocycles. The molecule has 3 amide bonds. The van der Waals surface area contributed by atoms with Crippen molar-refractivity contribution in [1.29, 1.82) is 0 Å². The van der Waals surface area contributed by atoms with Crippen molar-refractivity contribution < 1.29 is 19.1 Å². The molecule has 5 nitrogen and oxygen atoms in total. The van der Waals surface area contributed by atoms with Crippen molar-refractivity contribution in [3.63, 3.8) is 0 Å². The maximum Gasteiger partial charge on any atom is 0.325 e. The predicted octanol–water partition coefficient (Wildman–Crippen LogP) is 3.35. The zero-order valence-electron chi connectivity index (χ0n) is 15.5. The number of urea groups is 1. The number of hydrogen-bond acceptors (Lipinski definition) is 3. The van der Waals surface area contributed by atoms with Crippen LogP contribution in [0, 0.1) is 5.82 Å². The second kappa shape index (κ2) is 7.48. The number of carbonyl (C=O) groups excluding carboxylic acids is 2. The van der Waals surface area contributed by atoms with Gasteiger partial charge < -0.3 is 10.4 Å². The van der Waals surface area contributed by atoms with Gasteiger partial charge >= 0.3 is 6.03 Å². The molecule has 1 fully saturated rings. The van der Waals surface area contributed by atoms with Gasteiger partial charge in [-0.3, -0.25) is 9.69 Å². The molecule has 1 heterocycles. The Morgan fingerprint density at radius 3 is 1.93 bits per heavy atom. The summed E-state index contributed by atoms with van der Waals surface area (Å²) in [6.07, 6.45) is -1.34. The zero-order valence-corrected chi connectivity index (χ0v) is 15.5. The number of nitrogens with zero attached hydrogens (tertiary/aromatic N) is 1. The molecule has 1 aliphatic rings. The number of nitrogens with one attached hydrogen (secondary N) is 1. The molecule has 29 heavy (non-hydrogen) atoms. The topological polar surface area (TPSA) is 69.6 Å². The molecule has 0 aromatic heterocycles. The third-order valence-corrected chi connectivity index (χ3v) is 5.14. The number of benzene rings is 3. The molecule has 3 aromatic carbocycles. The van der Waals surface area contributed by atoms with E-state index in [9.17, 15) is 19.1 Å². The fraction of sp³-hybridized carbons (Fsp3) is 0.130. The summed E-state index contributed by atoms with van der Waals surface area (Å²) < 4.78 is 14.0. The minimum atomic E-state index is -1.41. The molecule has 1 aliphatic heterocycles. The normalized spacial score (nSPS) is 16.6. The standard InChI is InChI=1S/C23H19FN2O3/c24-19-14-8-7-13-18(19)20(27)15-26-21(28)23(25-22(26)29,16-9-3-1-4-10-16)17-11-5-2-6-12-17/h1-14,20,27H,15H2,(H,25,29). The average molecular weight is 390 g/mol. The Hall–Kier alpha value is -3.51. The van der Waals surface area contributed by atoms with Crippen molar-refractivity contribution in [2.45, 2.75) is 11.6 Å². The molecule has 0 spiro atoms. The van der Waals surface area contributed by atoms with Gasteiger partial charge in [0.2, 0.25) is 0 Å². The summed E-state index contributed by atoms with van der Waals surface area (Å²) in [4.78, 5) is 27.3. The molecule has 0 bridgehead atoms.